The number of hydrogen-bond acceptors (Lipinski definition) is 6. The Hall–Kier alpha value is -3.10. The van der Waals surface area contributed by atoms with E-state index in [1.54, 1.807) is 14.2 Å². The van der Waals surface area contributed by atoms with E-state index in [4.69, 9.17) is 9.47 Å². The number of anilines is 1. The number of likely N-dealkylation sites (tertiary alicyclic amines) is 1. The summed E-state index contributed by atoms with van der Waals surface area (Å²) in [4.78, 5) is 32.3. The molecular weight excluding hydrogens is 456 g/mol. The smallest absolute Gasteiger partial charge is 0.238 e. The van der Waals surface area contributed by atoms with Crippen LogP contribution in [0.25, 0.3) is 0 Å². The Morgan fingerprint density at radius 3 is 2.22 bits per heavy atom. The molecule has 0 bridgehead atoms. The molecule has 2 aromatic rings. The average Bonchev–Trinajstić information content (AvgIpc) is 3.37. The van der Waals surface area contributed by atoms with Crippen LogP contribution in [0.4, 0.5) is 5.69 Å². The summed E-state index contributed by atoms with van der Waals surface area (Å²) in [6.07, 6.45) is 1.89. The Labute approximate surface area is 214 Å². The van der Waals surface area contributed by atoms with E-state index in [0.717, 1.165) is 79.4 Å². The molecule has 2 fully saturated rings. The van der Waals surface area contributed by atoms with E-state index < -0.39 is 0 Å². The van der Waals surface area contributed by atoms with Gasteiger partial charge < -0.3 is 19.7 Å². The quantitative estimate of drug-likeness (QED) is 0.607. The minimum absolute atomic E-state index is 0.00238. The van der Waals surface area contributed by atoms with Crippen molar-refractivity contribution < 1.29 is 19.1 Å². The van der Waals surface area contributed by atoms with Gasteiger partial charge in [-0.25, -0.2) is 0 Å². The second-order valence-corrected chi connectivity index (χ2v) is 9.72. The molecule has 0 spiro atoms. The Bertz CT molecular complexity index is 1060. The highest BCUT2D eigenvalue weighted by Gasteiger charge is 2.33. The SMILES string of the molecule is COc1ccc(OC)c(C2CCCN2C(=O)CN2CCN(CC(=O)Nc3c(C)cccc3C)CC2)c1. The zero-order chi connectivity index (χ0) is 25.7. The Kier molecular flexibility index (Phi) is 8.48. The lowest BCUT2D eigenvalue weighted by molar-refractivity contribution is -0.134. The highest BCUT2D eigenvalue weighted by Crippen LogP contribution is 2.39. The number of methoxy groups -OCH3 is 2. The van der Waals surface area contributed by atoms with Crippen LogP contribution in [0.3, 0.4) is 0 Å². The monoisotopic (exact) mass is 494 g/mol. The first-order valence-corrected chi connectivity index (χ1v) is 12.7. The van der Waals surface area contributed by atoms with Gasteiger partial charge in [-0.05, 0) is 56.0 Å². The van der Waals surface area contributed by atoms with Crippen molar-refractivity contribution in [1.82, 2.24) is 14.7 Å². The van der Waals surface area contributed by atoms with Crippen molar-refractivity contribution in [3.63, 3.8) is 0 Å². The summed E-state index contributed by atoms with van der Waals surface area (Å²) >= 11 is 0. The number of amides is 2. The van der Waals surface area contributed by atoms with Gasteiger partial charge in [0.1, 0.15) is 11.5 Å². The van der Waals surface area contributed by atoms with E-state index >= 15 is 0 Å². The van der Waals surface area contributed by atoms with Gasteiger partial charge in [0.15, 0.2) is 0 Å². The fourth-order valence-corrected chi connectivity index (χ4v) is 5.27. The van der Waals surface area contributed by atoms with Crippen molar-refractivity contribution in [1.29, 1.82) is 0 Å². The lowest BCUT2D eigenvalue weighted by atomic mass is 10.0. The predicted octanol–water partition coefficient (Wildman–Crippen LogP) is 3.24. The van der Waals surface area contributed by atoms with Crippen LogP contribution >= 0.6 is 0 Å². The summed E-state index contributed by atoms with van der Waals surface area (Å²) in [7, 11) is 3.31. The number of benzene rings is 2. The van der Waals surface area contributed by atoms with E-state index in [2.05, 4.69) is 15.1 Å². The number of rotatable bonds is 8. The van der Waals surface area contributed by atoms with Gasteiger partial charge >= 0.3 is 0 Å². The molecule has 194 valence electrons. The van der Waals surface area contributed by atoms with Crippen LogP contribution in [-0.2, 0) is 9.59 Å². The molecule has 2 aliphatic heterocycles. The zero-order valence-corrected chi connectivity index (χ0v) is 21.9. The molecular formula is C28H38N4O4. The van der Waals surface area contributed by atoms with Crippen LogP contribution in [0.1, 0.15) is 35.6 Å². The van der Waals surface area contributed by atoms with Crippen LogP contribution in [0.2, 0.25) is 0 Å². The summed E-state index contributed by atoms with van der Waals surface area (Å²) in [5.41, 5.74) is 4.04. The van der Waals surface area contributed by atoms with Gasteiger partial charge in [-0.2, -0.15) is 0 Å². The second kappa shape index (κ2) is 11.8. The van der Waals surface area contributed by atoms with Crippen LogP contribution in [0.5, 0.6) is 11.5 Å². The number of ether oxygens (including phenoxy) is 2. The molecule has 36 heavy (non-hydrogen) atoms. The van der Waals surface area contributed by atoms with Crippen LogP contribution in [0.15, 0.2) is 36.4 Å². The fourth-order valence-electron chi connectivity index (χ4n) is 5.27. The van der Waals surface area contributed by atoms with Crippen molar-refractivity contribution in [3.8, 4) is 11.5 Å². The normalized spacial score (nSPS) is 18.8. The molecule has 0 aromatic heterocycles. The first kappa shape index (κ1) is 26.0. The highest BCUT2D eigenvalue weighted by molar-refractivity contribution is 5.93. The Morgan fingerprint density at radius 2 is 1.58 bits per heavy atom. The molecule has 1 atom stereocenters. The molecule has 8 nitrogen and oxygen atoms in total. The third-order valence-corrected chi connectivity index (χ3v) is 7.31. The summed E-state index contributed by atoms with van der Waals surface area (Å²) in [6, 6.07) is 11.8. The minimum Gasteiger partial charge on any atom is -0.497 e. The third-order valence-electron chi connectivity index (χ3n) is 7.31. The van der Waals surface area contributed by atoms with Gasteiger partial charge in [0, 0.05) is 44.0 Å². The molecule has 2 aliphatic rings. The van der Waals surface area contributed by atoms with Crippen molar-refractivity contribution in [2.24, 2.45) is 0 Å². The van der Waals surface area contributed by atoms with E-state index in [0.29, 0.717) is 13.1 Å². The van der Waals surface area contributed by atoms with E-state index in [-0.39, 0.29) is 17.9 Å². The van der Waals surface area contributed by atoms with Crippen molar-refractivity contribution in [2.45, 2.75) is 32.7 Å². The number of carbonyl (C=O) groups is 2. The van der Waals surface area contributed by atoms with E-state index in [1.807, 2.05) is 55.1 Å². The van der Waals surface area contributed by atoms with Gasteiger partial charge in [-0.3, -0.25) is 19.4 Å². The number of aryl methyl sites for hydroxylation is 2. The zero-order valence-electron chi connectivity index (χ0n) is 21.9. The number of piperazine rings is 1. The molecule has 2 amide bonds. The van der Waals surface area contributed by atoms with E-state index in [1.165, 1.54) is 0 Å². The largest absolute Gasteiger partial charge is 0.497 e. The van der Waals surface area contributed by atoms with Crippen LogP contribution in [-0.4, -0.2) is 86.5 Å². The van der Waals surface area contributed by atoms with Gasteiger partial charge in [0.05, 0.1) is 33.4 Å². The lowest BCUT2D eigenvalue weighted by Gasteiger charge is -2.35. The molecule has 1 N–H and O–H groups in total. The number of hydrogen-bond donors (Lipinski definition) is 1. The summed E-state index contributed by atoms with van der Waals surface area (Å²) < 4.78 is 11.0. The molecule has 0 aliphatic carbocycles. The number of nitrogens with one attached hydrogen (secondary N) is 1. The summed E-state index contributed by atoms with van der Waals surface area (Å²) in [6.45, 7) is 8.59. The maximum absolute atomic E-state index is 13.3. The second-order valence-electron chi connectivity index (χ2n) is 9.72. The van der Waals surface area contributed by atoms with Gasteiger partial charge in [-0.15, -0.1) is 0 Å². The molecule has 2 saturated heterocycles. The topological polar surface area (TPSA) is 74.4 Å². The van der Waals surface area contributed by atoms with Crippen molar-refractivity contribution in [2.75, 3.05) is 65.3 Å². The van der Waals surface area contributed by atoms with Crippen LogP contribution < -0.4 is 14.8 Å². The molecule has 2 aromatic carbocycles. The molecule has 0 saturated carbocycles. The number of nitrogens with zero attached hydrogens (tertiary/aromatic N) is 3. The first-order chi connectivity index (χ1) is 17.4. The van der Waals surface area contributed by atoms with Gasteiger partial charge in [-0.1, -0.05) is 18.2 Å². The number of carbonyl (C=O) groups excluding carboxylic acids is 2. The summed E-state index contributed by atoms with van der Waals surface area (Å²) in [5.74, 6) is 1.70. The predicted molar refractivity (Wildman–Crippen MR) is 141 cm³/mol. The minimum atomic E-state index is -0.00238. The first-order valence-electron chi connectivity index (χ1n) is 12.7. The molecule has 2 heterocycles. The maximum Gasteiger partial charge on any atom is 0.238 e. The lowest BCUT2D eigenvalue weighted by Crippen LogP contribution is -2.51. The fraction of sp³-hybridized carbons (Fsp3) is 0.500. The Balaban J connectivity index is 1.29. The molecule has 1 unspecified atom stereocenters. The van der Waals surface area contributed by atoms with Gasteiger partial charge in [0.25, 0.3) is 0 Å². The third kappa shape index (κ3) is 5.99. The summed E-state index contributed by atoms with van der Waals surface area (Å²) in [5, 5.41) is 3.07. The highest BCUT2D eigenvalue weighted by atomic mass is 16.5. The maximum atomic E-state index is 13.3. The number of para-hydroxylation sites is 1. The van der Waals surface area contributed by atoms with Gasteiger partial charge in [0.2, 0.25) is 11.8 Å². The molecule has 0 radical (unpaired) electrons. The Morgan fingerprint density at radius 1 is 0.917 bits per heavy atom. The van der Waals surface area contributed by atoms with Crippen molar-refractivity contribution in [3.05, 3.63) is 53.1 Å². The standard InChI is InChI=1S/C28H38N4O4/c1-20-7-5-8-21(2)28(20)29-26(33)18-30-13-15-31(16-14-30)19-27(34)32-12-6-9-24(32)23-17-22(35-3)10-11-25(23)36-4/h5,7-8,10-11,17,24H,6,9,12-16,18-19H2,1-4H3,(H,29,33). The van der Waals surface area contributed by atoms with Crippen molar-refractivity contribution >= 4 is 17.5 Å². The molecule has 4 rings (SSSR count). The molecule has 8 heteroatoms. The average molecular weight is 495 g/mol. The van der Waals surface area contributed by atoms with Crippen LogP contribution in [0, 0.1) is 13.8 Å². The van der Waals surface area contributed by atoms with E-state index in [9.17, 15) is 9.59 Å².